The Kier molecular flexibility index (Phi) is 3.48. The number of rotatable bonds is 4. The number of hydrogen-bond acceptors (Lipinski definition) is 4. The zero-order valence-electron chi connectivity index (χ0n) is 11.3. The van der Waals surface area contributed by atoms with Gasteiger partial charge in [0.25, 0.3) is 0 Å². The van der Waals surface area contributed by atoms with Crippen LogP contribution in [-0.4, -0.2) is 30.4 Å². The van der Waals surface area contributed by atoms with E-state index in [1.807, 2.05) is 24.0 Å². The van der Waals surface area contributed by atoms with Crippen LogP contribution in [-0.2, 0) is 13.6 Å². The Labute approximate surface area is 112 Å². The summed E-state index contributed by atoms with van der Waals surface area (Å²) in [4.78, 5) is 4.41. The number of nitrogens with zero attached hydrogens (tertiary/aromatic N) is 5. The van der Waals surface area contributed by atoms with Gasteiger partial charge in [0.05, 0.1) is 6.54 Å². The summed E-state index contributed by atoms with van der Waals surface area (Å²) in [7, 11) is 1.96. The highest BCUT2D eigenvalue weighted by molar-refractivity contribution is 5.28. The van der Waals surface area contributed by atoms with Crippen molar-refractivity contribution in [3.63, 3.8) is 0 Å². The highest BCUT2D eigenvalue weighted by Gasteiger charge is 2.15. The third-order valence-electron chi connectivity index (χ3n) is 3.77. The van der Waals surface area contributed by atoms with Gasteiger partial charge in [0.15, 0.2) is 5.82 Å². The van der Waals surface area contributed by atoms with Crippen molar-refractivity contribution in [3.05, 3.63) is 24.5 Å². The molecule has 6 nitrogen and oxygen atoms in total. The van der Waals surface area contributed by atoms with Crippen LogP contribution in [0.3, 0.4) is 0 Å². The van der Waals surface area contributed by atoms with Gasteiger partial charge in [-0.05, 0) is 12.8 Å². The topological polar surface area (TPSA) is 60.6 Å². The maximum atomic E-state index is 4.41. The SMILES string of the molecule is Cn1cnnc1Cn1ccnc1NC1CCCCC1. The first kappa shape index (κ1) is 12.2. The van der Waals surface area contributed by atoms with Crippen LogP contribution in [0.4, 0.5) is 5.95 Å². The zero-order valence-corrected chi connectivity index (χ0v) is 11.3. The number of hydrogen-bond donors (Lipinski definition) is 1. The zero-order chi connectivity index (χ0) is 13.1. The van der Waals surface area contributed by atoms with Crippen molar-refractivity contribution in [1.82, 2.24) is 24.3 Å². The second-order valence-electron chi connectivity index (χ2n) is 5.22. The van der Waals surface area contributed by atoms with Crippen LogP contribution in [0.25, 0.3) is 0 Å². The Balaban J connectivity index is 1.69. The van der Waals surface area contributed by atoms with Crippen molar-refractivity contribution < 1.29 is 0 Å². The van der Waals surface area contributed by atoms with E-state index in [1.54, 1.807) is 6.33 Å². The van der Waals surface area contributed by atoms with E-state index in [1.165, 1.54) is 32.1 Å². The van der Waals surface area contributed by atoms with Crippen molar-refractivity contribution in [2.24, 2.45) is 7.05 Å². The third kappa shape index (κ3) is 2.77. The molecule has 1 aliphatic rings. The fraction of sp³-hybridized carbons (Fsp3) is 0.615. The van der Waals surface area contributed by atoms with E-state index in [9.17, 15) is 0 Å². The van der Waals surface area contributed by atoms with Crippen molar-refractivity contribution in [1.29, 1.82) is 0 Å². The molecule has 0 radical (unpaired) electrons. The lowest BCUT2D eigenvalue weighted by atomic mass is 9.96. The number of aromatic nitrogens is 5. The maximum Gasteiger partial charge on any atom is 0.203 e. The minimum atomic E-state index is 0.564. The summed E-state index contributed by atoms with van der Waals surface area (Å²) in [6.07, 6.45) is 12.0. The molecular weight excluding hydrogens is 240 g/mol. The molecule has 3 rings (SSSR count). The first-order valence-electron chi connectivity index (χ1n) is 6.93. The van der Waals surface area contributed by atoms with Crippen molar-refractivity contribution >= 4 is 5.95 Å². The Morgan fingerprint density at radius 2 is 2.16 bits per heavy atom. The van der Waals surface area contributed by atoms with E-state index < -0.39 is 0 Å². The van der Waals surface area contributed by atoms with E-state index >= 15 is 0 Å². The van der Waals surface area contributed by atoms with Gasteiger partial charge < -0.3 is 14.5 Å². The Morgan fingerprint density at radius 3 is 2.89 bits per heavy atom. The van der Waals surface area contributed by atoms with Gasteiger partial charge in [0.2, 0.25) is 5.95 Å². The summed E-state index contributed by atoms with van der Waals surface area (Å²) in [6, 6.07) is 0.564. The van der Waals surface area contributed by atoms with Crippen LogP contribution in [0.1, 0.15) is 37.9 Å². The smallest absolute Gasteiger partial charge is 0.203 e. The quantitative estimate of drug-likeness (QED) is 0.910. The van der Waals surface area contributed by atoms with Crippen LogP contribution in [0, 0.1) is 0 Å². The van der Waals surface area contributed by atoms with Gasteiger partial charge in [-0.1, -0.05) is 19.3 Å². The molecule has 2 heterocycles. The standard InChI is InChI=1S/C13H20N6/c1-18-10-15-17-12(18)9-19-8-7-14-13(19)16-11-5-3-2-4-6-11/h7-8,10-11H,2-6,9H2,1H3,(H,14,16). The lowest BCUT2D eigenvalue weighted by Crippen LogP contribution is -2.24. The monoisotopic (exact) mass is 260 g/mol. The van der Waals surface area contributed by atoms with Gasteiger partial charge in [-0.25, -0.2) is 4.98 Å². The number of aryl methyl sites for hydroxylation is 1. The van der Waals surface area contributed by atoms with Crippen LogP contribution < -0.4 is 5.32 Å². The maximum absolute atomic E-state index is 4.41. The molecule has 0 atom stereocenters. The fourth-order valence-corrected chi connectivity index (χ4v) is 2.61. The van der Waals surface area contributed by atoms with Gasteiger partial charge in [0, 0.05) is 25.5 Å². The lowest BCUT2D eigenvalue weighted by Gasteiger charge is -2.23. The second-order valence-corrected chi connectivity index (χ2v) is 5.22. The number of imidazole rings is 1. The highest BCUT2D eigenvalue weighted by Crippen LogP contribution is 2.21. The normalized spacial score (nSPS) is 16.7. The summed E-state index contributed by atoms with van der Waals surface area (Å²) in [5, 5.41) is 11.6. The van der Waals surface area contributed by atoms with Gasteiger partial charge in [-0.3, -0.25) is 0 Å². The predicted octanol–water partition coefficient (Wildman–Crippen LogP) is 1.80. The molecular formula is C13H20N6. The molecule has 0 spiro atoms. The van der Waals surface area contributed by atoms with Crippen molar-refractivity contribution in [2.75, 3.05) is 5.32 Å². The molecule has 102 valence electrons. The first-order chi connectivity index (χ1) is 9.33. The van der Waals surface area contributed by atoms with Crippen LogP contribution in [0.2, 0.25) is 0 Å². The summed E-state index contributed by atoms with van der Waals surface area (Å²) in [6.45, 7) is 0.700. The third-order valence-corrected chi connectivity index (χ3v) is 3.77. The molecule has 0 aromatic carbocycles. The van der Waals surface area contributed by atoms with Gasteiger partial charge in [-0.2, -0.15) is 0 Å². The molecule has 0 bridgehead atoms. The minimum Gasteiger partial charge on any atom is -0.353 e. The van der Waals surface area contributed by atoms with Crippen molar-refractivity contribution in [2.45, 2.75) is 44.7 Å². The van der Waals surface area contributed by atoms with E-state index in [-0.39, 0.29) is 0 Å². The molecule has 0 aliphatic heterocycles. The summed E-state index contributed by atoms with van der Waals surface area (Å²) in [5.41, 5.74) is 0. The van der Waals surface area contributed by atoms with Crippen LogP contribution >= 0.6 is 0 Å². The molecule has 2 aromatic rings. The molecule has 1 aliphatic carbocycles. The van der Waals surface area contributed by atoms with Crippen LogP contribution in [0.5, 0.6) is 0 Å². The molecule has 6 heteroatoms. The Hall–Kier alpha value is -1.85. The van der Waals surface area contributed by atoms with Crippen molar-refractivity contribution in [3.8, 4) is 0 Å². The van der Waals surface area contributed by atoms with E-state index in [0.29, 0.717) is 12.6 Å². The van der Waals surface area contributed by atoms with Gasteiger partial charge in [0.1, 0.15) is 6.33 Å². The lowest BCUT2D eigenvalue weighted by molar-refractivity contribution is 0.459. The Bertz CT molecular complexity index is 523. The molecule has 0 saturated heterocycles. The molecule has 19 heavy (non-hydrogen) atoms. The molecule has 1 N–H and O–H groups in total. The second kappa shape index (κ2) is 5.42. The predicted molar refractivity (Wildman–Crippen MR) is 72.8 cm³/mol. The summed E-state index contributed by atoms with van der Waals surface area (Å²) < 4.78 is 4.03. The number of anilines is 1. The summed E-state index contributed by atoms with van der Waals surface area (Å²) >= 11 is 0. The van der Waals surface area contributed by atoms with E-state index in [4.69, 9.17) is 0 Å². The van der Waals surface area contributed by atoms with E-state index in [0.717, 1.165) is 11.8 Å². The van der Waals surface area contributed by atoms with E-state index in [2.05, 4.69) is 25.1 Å². The first-order valence-corrected chi connectivity index (χ1v) is 6.93. The fourth-order valence-electron chi connectivity index (χ4n) is 2.61. The average molecular weight is 260 g/mol. The average Bonchev–Trinajstić information content (AvgIpc) is 3.02. The largest absolute Gasteiger partial charge is 0.353 e. The summed E-state index contributed by atoms with van der Waals surface area (Å²) in [5.74, 6) is 1.87. The molecule has 1 fully saturated rings. The minimum absolute atomic E-state index is 0.564. The highest BCUT2D eigenvalue weighted by atomic mass is 15.3. The van der Waals surface area contributed by atoms with Gasteiger partial charge in [-0.15, -0.1) is 10.2 Å². The van der Waals surface area contributed by atoms with Crippen LogP contribution in [0.15, 0.2) is 18.7 Å². The molecule has 2 aromatic heterocycles. The number of nitrogens with one attached hydrogen (secondary N) is 1. The van der Waals surface area contributed by atoms with Gasteiger partial charge >= 0.3 is 0 Å². The Morgan fingerprint density at radius 1 is 1.32 bits per heavy atom. The molecule has 1 saturated carbocycles. The molecule has 0 unspecified atom stereocenters. The molecule has 0 amide bonds.